The zero-order valence-electron chi connectivity index (χ0n) is 14.5. The Balaban J connectivity index is 2.24. The minimum absolute atomic E-state index is 0.426. The molecule has 22 heavy (non-hydrogen) atoms. The number of allylic oxidation sites excluding steroid dienone is 2. The van der Waals surface area contributed by atoms with Gasteiger partial charge in [0.15, 0.2) is 0 Å². The van der Waals surface area contributed by atoms with Crippen LogP contribution in [0.25, 0.3) is 0 Å². The molecule has 0 saturated carbocycles. The summed E-state index contributed by atoms with van der Waals surface area (Å²) in [5.41, 5.74) is 0.663. The van der Waals surface area contributed by atoms with Gasteiger partial charge in [-0.05, 0) is 0 Å². The van der Waals surface area contributed by atoms with Gasteiger partial charge in [-0.2, -0.15) is 0 Å². The Morgan fingerprint density at radius 3 is 2.23 bits per heavy atom. The summed E-state index contributed by atoms with van der Waals surface area (Å²) < 4.78 is 9.80. The molecule has 0 radical (unpaired) electrons. The van der Waals surface area contributed by atoms with Crippen LogP contribution in [0.2, 0.25) is 18.6 Å². The van der Waals surface area contributed by atoms with Crippen molar-refractivity contribution in [3.05, 3.63) is 40.6 Å². The van der Waals surface area contributed by atoms with E-state index in [1.807, 2.05) is 0 Å². The molecule has 2 rings (SSSR count). The fraction of sp³-hybridized carbons (Fsp3) is 0.579. The third-order valence-corrected chi connectivity index (χ3v) is 10.7. The first-order valence-corrected chi connectivity index (χ1v) is 13.3. The van der Waals surface area contributed by atoms with Gasteiger partial charge in [0.2, 0.25) is 0 Å². The van der Waals surface area contributed by atoms with Gasteiger partial charge in [0, 0.05) is 0 Å². The molecule has 122 valence electrons. The first-order chi connectivity index (χ1) is 10.5. The first kappa shape index (κ1) is 17.8. The predicted octanol–water partition coefficient (Wildman–Crippen LogP) is 5.21. The standard InChI is InChI=1S/C19H30OSeSi/c1-16(2)22(3,4)20-18-14-10-5-6-11-15-19(18)21-17-12-8-7-9-13-17/h7-9,12-13,16H,5-6,10-11,14-15H2,1-4H3/b19-18-. The summed E-state index contributed by atoms with van der Waals surface area (Å²) in [5.74, 6) is 1.37. The molecule has 0 aromatic heterocycles. The van der Waals surface area contributed by atoms with E-state index in [2.05, 4.69) is 57.3 Å². The summed E-state index contributed by atoms with van der Waals surface area (Å²) in [6.07, 6.45) is 7.78. The summed E-state index contributed by atoms with van der Waals surface area (Å²) in [5, 5.41) is 0. The van der Waals surface area contributed by atoms with E-state index in [1.54, 1.807) is 4.47 Å². The fourth-order valence-corrected chi connectivity index (χ4v) is 6.02. The molecule has 0 fully saturated rings. The quantitative estimate of drug-likeness (QED) is 0.636. The minimum atomic E-state index is -1.61. The predicted molar refractivity (Wildman–Crippen MR) is 100 cm³/mol. The van der Waals surface area contributed by atoms with E-state index in [-0.39, 0.29) is 0 Å². The summed E-state index contributed by atoms with van der Waals surface area (Å²) in [7, 11) is -1.61. The summed E-state index contributed by atoms with van der Waals surface area (Å²) in [6, 6.07) is 11.0. The van der Waals surface area contributed by atoms with Crippen LogP contribution >= 0.6 is 0 Å². The second-order valence-electron chi connectivity index (χ2n) is 7.04. The Hall–Kier alpha value is -0.504. The Labute approximate surface area is 143 Å². The van der Waals surface area contributed by atoms with Crippen LogP contribution in [-0.2, 0) is 4.43 Å². The second kappa shape index (κ2) is 8.38. The van der Waals surface area contributed by atoms with Gasteiger partial charge in [-0.25, -0.2) is 0 Å². The molecular formula is C19H30OSeSi. The van der Waals surface area contributed by atoms with E-state index in [1.165, 1.54) is 42.3 Å². The molecule has 0 saturated heterocycles. The molecule has 0 aliphatic heterocycles. The SMILES string of the molecule is CC(C)[Si](C)(C)O/C1=C(\[Se]c2ccccc2)CCCCCC1. The number of hydrogen-bond donors (Lipinski definition) is 0. The van der Waals surface area contributed by atoms with Crippen LogP contribution < -0.4 is 4.46 Å². The van der Waals surface area contributed by atoms with Crippen molar-refractivity contribution < 1.29 is 4.43 Å². The molecule has 1 aromatic rings. The van der Waals surface area contributed by atoms with Gasteiger partial charge in [0.05, 0.1) is 0 Å². The van der Waals surface area contributed by atoms with Crippen molar-refractivity contribution in [3.8, 4) is 0 Å². The van der Waals surface area contributed by atoms with Crippen LogP contribution in [-0.4, -0.2) is 23.3 Å². The van der Waals surface area contributed by atoms with Gasteiger partial charge in [-0.3, -0.25) is 0 Å². The van der Waals surface area contributed by atoms with Crippen molar-refractivity contribution >= 4 is 27.7 Å². The summed E-state index contributed by atoms with van der Waals surface area (Å²) in [6.45, 7) is 9.38. The number of hydrogen-bond acceptors (Lipinski definition) is 1. The van der Waals surface area contributed by atoms with Crippen molar-refractivity contribution in [2.24, 2.45) is 0 Å². The molecule has 0 bridgehead atoms. The second-order valence-corrected chi connectivity index (χ2v) is 14.1. The monoisotopic (exact) mass is 382 g/mol. The van der Waals surface area contributed by atoms with Gasteiger partial charge in [-0.15, -0.1) is 0 Å². The van der Waals surface area contributed by atoms with Crippen molar-refractivity contribution in [1.29, 1.82) is 0 Å². The van der Waals surface area contributed by atoms with E-state index >= 15 is 0 Å². The van der Waals surface area contributed by atoms with Crippen LogP contribution in [0.5, 0.6) is 0 Å². The van der Waals surface area contributed by atoms with Crippen LogP contribution in [0.15, 0.2) is 40.6 Å². The molecule has 0 amide bonds. The van der Waals surface area contributed by atoms with Crippen molar-refractivity contribution in [2.75, 3.05) is 0 Å². The van der Waals surface area contributed by atoms with E-state index in [4.69, 9.17) is 4.43 Å². The topological polar surface area (TPSA) is 9.23 Å². The molecule has 1 aromatic carbocycles. The average molecular weight is 381 g/mol. The zero-order chi connectivity index (χ0) is 16.0. The molecule has 1 aliphatic rings. The molecule has 3 heteroatoms. The number of benzene rings is 1. The van der Waals surface area contributed by atoms with Gasteiger partial charge in [0.25, 0.3) is 0 Å². The average Bonchev–Trinajstić information content (AvgIpc) is 2.46. The van der Waals surface area contributed by atoms with Crippen molar-refractivity contribution in [1.82, 2.24) is 0 Å². The Kier molecular flexibility index (Phi) is 6.79. The summed E-state index contributed by atoms with van der Waals surface area (Å²) >= 11 is 0.426. The Morgan fingerprint density at radius 2 is 1.59 bits per heavy atom. The maximum absolute atomic E-state index is 6.69. The van der Waals surface area contributed by atoms with Crippen LogP contribution in [0.3, 0.4) is 0 Å². The van der Waals surface area contributed by atoms with Gasteiger partial charge in [0.1, 0.15) is 0 Å². The maximum atomic E-state index is 6.69. The fourth-order valence-electron chi connectivity index (χ4n) is 2.49. The van der Waals surface area contributed by atoms with E-state index in [0.29, 0.717) is 20.5 Å². The molecule has 0 N–H and O–H groups in total. The van der Waals surface area contributed by atoms with E-state index in [9.17, 15) is 0 Å². The molecular weight excluding hydrogens is 351 g/mol. The molecule has 0 atom stereocenters. The van der Waals surface area contributed by atoms with Crippen molar-refractivity contribution in [3.63, 3.8) is 0 Å². The van der Waals surface area contributed by atoms with E-state index < -0.39 is 8.32 Å². The third-order valence-electron chi connectivity index (χ3n) is 4.63. The Morgan fingerprint density at radius 1 is 0.955 bits per heavy atom. The Bertz CT molecular complexity index is 493. The van der Waals surface area contributed by atoms with E-state index in [0.717, 1.165) is 6.42 Å². The molecule has 0 spiro atoms. The molecule has 1 aliphatic carbocycles. The summed E-state index contributed by atoms with van der Waals surface area (Å²) in [4.78, 5) is 0. The third kappa shape index (κ3) is 5.29. The number of rotatable bonds is 5. The van der Waals surface area contributed by atoms with Gasteiger partial charge in [-0.1, -0.05) is 0 Å². The van der Waals surface area contributed by atoms with Crippen molar-refractivity contribution in [2.45, 2.75) is 71.0 Å². The van der Waals surface area contributed by atoms with Crippen LogP contribution in [0.1, 0.15) is 52.4 Å². The van der Waals surface area contributed by atoms with Gasteiger partial charge >= 0.3 is 144 Å². The molecule has 1 nitrogen and oxygen atoms in total. The van der Waals surface area contributed by atoms with Crippen LogP contribution in [0, 0.1) is 0 Å². The molecule has 0 heterocycles. The van der Waals surface area contributed by atoms with Gasteiger partial charge < -0.3 is 0 Å². The molecule has 0 unspecified atom stereocenters. The normalized spacial score (nSPS) is 20.6. The first-order valence-electron chi connectivity index (χ1n) is 8.63. The van der Waals surface area contributed by atoms with Crippen LogP contribution in [0.4, 0.5) is 0 Å². The zero-order valence-corrected chi connectivity index (χ0v) is 17.2.